The summed E-state index contributed by atoms with van der Waals surface area (Å²) in [5.74, 6) is -0.300. The van der Waals surface area contributed by atoms with Crippen LogP contribution in [0, 0.1) is 0 Å². The van der Waals surface area contributed by atoms with Gasteiger partial charge in [0.25, 0.3) is 0 Å². The smallest absolute Gasteiger partial charge is 0.340 e. The highest BCUT2D eigenvalue weighted by molar-refractivity contribution is 5.89. The molecule has 0 unspecified atom stereocenters. The second-order valence-corrected chi connectivity index (χ2v) is 5.26. The van der Waals surface area contributed by atoms with E-state index in [1.165, 1.54) is 0 Å². The summed E-state index contributed by atoms with van der Waals surface area (Å²) in [4.78, 5) is 16.2. The molecule has 1 aliphatic rings. The normalized spacial score (nSPS) is 15.2. The molecule has 2 heterocycles. The van der Waals surface area contributed by atoms with Crippen molar-refractivity contribution in [2.45, 2.75) is 39.3 Å². The van der Waals surface area contributed by atoms with Gasteiger partial charge < -0.3 is 10.1 Å². The van der Waals surface area contributed by atoms with Gasteiger partial charge in [0.15, 0.2) is 0 Å². The number of nitrogens with zero attached hydrogens (tertiary/aromatic N) is 1. The second-order valence-electron chi connectivity index (χ2n) is 5.26. The van der Waals surface area contributed by atoms with Crippen LogP contribution in [0.1, 0.15) is 42.4 Å². The predicted octanol–water partition coefficient (Wildman–Crippen LogP) is 1.68. The Kier molecular flexibility index (Phi) is 3.15. The fourth-order valence-corrected chi connectivity index (χ4v) is 1.79. The minimum absolute atomic E-state index is 0.300. The Bertz CT molecular complexity index is 436. The zero-order chi connectivity index (χ0) is 12.5. The molecule has 4 heteroatoms. The van der Waals surface area contributed by atoms with Crippen molar-refractivity contribution in [1.82, 2.24) is 10.3 Å². The molecule has 1 aromatic rings. The average molecular weight is 234 g/mol. The SMILES string of the molecule is CC(C)(C)OC(=O)c1cnc2c(c1)CCNC2. The number of hydrogen-bond acceptors (Lipinski definition) is 4. The molecule has 0 aromatic carbocycles. The van der Waals surface area contributed by atoms with E-state index in [4.69, 9.17) is 4.74 Å². The number of hydrogen-bond donors (Lipinski definition) is 1. The monoisotopic (exact) mass is 234 g/mol. The van der Waals surface area contributed by atoms with Crippen LogP contribution in [0.4, 0.5) is 0 Å². The summed E-state index contributed by atoms with van der Waals surface area (Å²) in [5.41, 5.74) is 2.25. The van der Waals surface area contributed by atoms with Gasteiger partial charge in [0.1, 0.15) is 5.60 Å². The molecule has 0 atom stereocenters. The van der Waals surface area contributed by atoms with E-state index >= 15 is 0 Å². The Balaban J connectivity index is 2.19. The molecular formula is C13H18N2O2. The van der Waals surface area contributed by atoms with Gasteiger partial charge in [-0.15, -0.1) is 0 Å². The van der Waals surface area contributed by atoms with Crippen LogP contribution in [0.25, 0.3) is 0 Å². The highest BCUT2D eigenvalue weighted by atomic mass is 16.6. The lowest BCUT2D eigenvalue weighted by Crippen LogP contribution is -2.26. The van der Waals surface area contributed by atoms with Gasteiger partial charge in [-0.2, -0.15) is 0 Å². The summed E-state index contributed by atoms with van der Waals surface area (Å²) in [6.07, 6.45) is 2.51. The van der Waals surface area contributed by atoms with E-state index in [2.05, 4.69) is 10.3 Å². The number of aromatic nitrogens is 1. The maximum Gasteiger partial charge on any atom is 0.340 e. The van der Waals surface area contributed by atoms with Crippen molar-refractivity contribution in [3.63, 3.8) is 0 Å². The maximum atomic E-state index is 11.9. The van der Waals surface area contributed by atoms with Crippen molar-refractivity contribution in [2.24, 2.45) is 0 Å². The standard InChI is InChI=1S/C13H18N2O2/c1-13(2,3)17-12(16)10-6-9-4-5-14-8-11(9)15-7-10/h6-7,14H,4-5,8H2,1-3H3. The summed E-state index contributed by atoms with van der Waals surface area (Å²) in [6.45, 7) is 7.30. The molecular weight excluding hydrogens is 216 g/mol. The molecule has 4 nitrogen and oxygen atoms in total. The van der Waals surface area contributed by atoms with Crippen LogP contribution in [-0.4, -0.2) is 23.1 Å². The minimum atomic E-state index is -0.464. The van der Waals surface area contributed by atoms with Gasteiger partial charge in [-0.1, -0.05) is 0 Å². The van der Waals surface area contributed by atoms with E-state index in [0.717, 1.165) is 30.8 Å². The Morgan fingerprint density at radius 2 is 2.24 bits per heavy atom. The Hall–Kier alpha value is -1.42. The van der Waals surface area contributed by atoms with Crippen LogP contribution in [0.3, 0.4) is 0 Å². The van der Waals surface area contributed by atoms with Crippen molar-refractivity contribution in [3.05, 3.63) is 29.1 Å². The molecule has 0 aliphatic carbocycles. The van der Waals surface area contributed by atoms with E-state index in [1.807, 2.05) is 26.8 Å². The number of esters is 1. The summed E-state index contributed by atoms with van der Waals surface area (Å²) in [6, 6.07) is 1.90. The number of pyridine rings is 1. The number of fused-ring (bicyclic) bond motifs is 1. The fourth-order valence-electron chi connectivity index (χ4n) is 1.79. The van der Waals surface area contributed by atoms with Crippen LogP contribution >= 0.6 is 0 Å². The van der Waals surface area contributed by atoms with E-state index in [9.17, 15) is 4.79 Å². The van der Waals surface area contributed by atoms with E-state index in [-0.39, 0.29) is 5.97 Å². The predicted molar refractivity (Wildman–Crippen MR) is 64.8 cm³/mol. The number of rotatable bonds is 1. The zero-order valence-corrected chi connectivity index (χ0v) is 10.5. The van der Waals surface area contributed by atoms with Gasteiger partial charge in [-0.25, -0.2) is 4.79 Å². The highest BCUT2D eigenvalue weighted by Gasteiger charge is 2.19. The second kappa shape index (κ2) is 4.45. The van der Waals surface area contributed by atoms with Gasteiger partial charge in [-0.3, -0.25) is 4.98 Å². The quantitative estimate of drug-likeness (QED) is 0.751. The van der Waals surface area contributed by atoms with Gasteiger partial charge >= 0.3 is 5.97 Å². The van der Waals surface area contributed by atoms with E-state index in [0.29, 0.717) is 5.56 Å². The molecule has 0 spiro atoms. The summed E-state index contributed by atoms with van der Waals surface area (Å²) in [7, 11) is 0. The van der Waals surface area contributed by atoms with Crippen molar-refractivity contribution in [2.75, 3.05) is 6.54 Å². The van der Waals surface area contributed by atoms with Gasteiger partial charge in [0.2, 0.25) is 0 Å². The molecule has 0 radical (unpaired) electrons. The topological polar surface area (TPSA) is 51.2 Å². The van der Waals surface area contributed by atoms with Crippen molar-refractivity contribution in [3.8, 4) is 0 Å². The van der Waals surface area contributed by atoms with Crippen LogP contribution in [-0.2, 0) is 17.7 Å². The fraction of sp³-hybridized carbons (Fsp3) is 0.538. The van der Waals surface area contributed by atoms with E-state index in [1.54, 1.807) is 6.20 Å². The molecule has 1 aliphatic heterocycles. The number of nitrogens with one attached hydrogen (secondary N) is 1. The number of carbonyl (C=O) groups is 1. The lowest BCUT2D eigenvalue weighted by Gasteiger charge is -2.20. The lowest BCUT2D eigenvalue weighted by atomic mass is 10.0. The highest BCUT2D eigenvalue weighted by Crippen LogP contribution is 2.16. The number of carbonyl (C=O) groups excluding carboxylic acids is 1. The first-order valence-corrected chi connectivity index (χ1v) is 5.87. The summed E-state index contributed by atoms with van der Waals surface area (Å²) in [5, 5.41) is 3.25. The maximum absolute atomic E-state index is 11.9. The molecule has 0 bridgehead atoms. The van der Waals surface area contributed by atoms with Gasteiger partial charge in [0, 0.05) is 12.7 Å². The molecule has 0 amide bonds. The first-order valence-electron chi connectivity index (χ1n) is 5.87. The third-order valence-corrected chi connectivity index (χ3v) is 2.56. The molecule has 0 saturated heterocycles. The third-order valence-electron chi connectivity index (χ3n) is 2.56. The van der Waals surface area contributed by atoms with Crippen LogP contribution < -0.4 is 5.32 Å². The largest absolute Gasteiger partial charge is 0.456 e. The molecule has 0 saturated carbocycles. The molecule has 0 fully saturated rings. The van der Waals surface area contributed by atoms with Crippen LogP contribution in [0.5, 0.6) is 0 Å². The Morgan fingerprint density at radius 3 is 2.94 bits per heavy atom. The Labute approximate surface area is 101 Å². The first kappa shape index (κ1) is 12.0. The van der Waals surface area contributed by atoms with Gasteiger partial charge in [0.05, 0.1) is 11.3 Å². The molecule has 2 rings (SSSR count). The van der Waals surface area contributed by atoms with Crippen LogP contribution in [0.2, 0.25) is 0 Å². The zero-order valence-electron chi connectivity index (χ0n) is 10.5. The third kappa shape index (κ3) is 3.03. The minimum Gasteiger partial charge on any atom is -0.456 e. The lowest BCUT2D eigenvalue weighted by molar-refractivity contribution is 0.00689. The number of ether oxygens (including phenoxy) is 1. The van der Waals surface area contributed by atoms with Crippen LogP contribution in [0.15, 0.2) is 12.3 Å². The first-order chi connectivity index (χ1) is 7.96. The molecule has 1 aromatic heterocycles. The van der Waals surface area contributed by atoms with E-state index < -0.39 is 5.60 Å². The van der Waals surface area contributed by atoms with Gasteiger partial charge in [-0.05, 0) is 45.4 Å². The Morgan fingerprint density at radius 1 is 1.47 bits per heavy atom. The summed E-state index contributed by atoms with van der Waals surface area (Å²) >= 11 is 0. The molecule has 92 valence electrons. The van der Waals surface area contributed by atoms with Crippen molar-refractivity contribution < 1.29 is 9.53 Å². The van der Waals surface area contributed by atoms with Crippen molar-refractivity contribution in [1.29, 1.82) is 0 Å². The molecule has 17 heavy (non-hydrogen) atoms. The molecule has 1 N–H and O–H groups in total. The average Bonchev–Trinajstić information content (AvgIpc) is 2.26. The summed E-state index contributed by atoms with van der Waals surface area (Å²) < 4.78 is 5.32. The van der Waals surface area contributed by atoms with Crippen molar-refractivity contribution >= 4 is 5.97 Å².